The third-order valence-electron chi connectivity index (χ3n) is 4.76. The number of carbonyl (C=O) groups is 1. The van der Waals surface area contributed by atoms with Gasteiger partial charge in [-0.2, -0.15) is 0 Å². The first kappa shape index (κ1) is 13.3. The number of morpholine rings is 1. The van der Waals surface area contributed by atoms with E-state index in [0.29, 0.717) is 6.04 Å². The van der Waals surface area contributed by atoms with Crippen LogP contribution in [0.4, 0.5) is 0 Å². The molecule has 108 valence electrons. The predicted octanol–water partition coefficient (Wildman–Crippen LogP) is 0.0137. The molecule has 5 heteroatoms. The number of likely N-dealkylation sites (tertiary alicyclic amines) is 2. The minimum Gasteiger partial charge on any atom is -0.373 e. The summed E-state index contributed by atoms with van der Waals surface area (Å²) in [5.41, 5.74) is 0. The average molecular weight is 267 g/mol. The van der Waals surface area contributed by atoms with Crippen LogP contribution < -0.4 is 0 Å². The molecule has 0 aromatic heterocycles. The van der Waals surface area contributed by atoms with Gasteiger partial charge in [-0.05, 0) is 25.9 Å². The van der Waals surface area contributed by atoms with Crippen LogP contribution in [-0.4, -0.2) is 85.2 Å². The molecule has 3 saturated heterocycles. The van der Waals surface area contributed by atoms with Gasteiger partial charge in [0.25, 0.3) is 0 Å². The minimum atomic E-state index is 0.178. The molecule has 19 heavy (non-hydrogen) atoms. The van der Waals surface area contributed by atoms with Gasteiger partial charge in [0, 0.05) is 39.6 Å². The number of hydrogen-bond donors (Lipinski definition) is 0. The van der Waals surface area contributed by atoms with Crippen LogP contribution in [0.15, 0.2) is 0 Å². The normalized spacial score (nSPS) is 32.8. The molecule has 1 amide bonds. The highest BCUT2D eigenvalue weighted by Crippen LogP contribution is 2.23. The summed E-state index contributed by atoms with van der Waals surface area (Å²) in [7, 11) is 0. The molecule has 3 fully saturated rings. The summed E-state index contributed by atoms with van der Waals surface area (Å²) in [5.74, 6) is 0.178. The molecule has 3 aliphatic rings. The van der Waals surface area contributed by atoms with E-state index in [-0.39, 0.29) is 12.0 Å². The van der Waals surface area contributed by atoms with Crippen molar-refractivity contribution in [3.63, 3.8) is 0 Å². The van der Waals surface area contributed by atoms with E-state index < -0.39 is 0 Å². The number of amides is 1. The standard InChI is InChI=1S/C14H25N3O2/c1-12(18)17-10-13-14(11-17)19-9-8-16(13)7-6-15-4-2-3-5-15/h13-14H,2-11H2,1H3/t13-,14+/m1/s1. The molecule has 0 aromatic rings. The summed E-state index contributed by atoms with van der Waals surface area (Å²) in [6.07, 6.45) is 2.94. The fraction of sp³-hybridized carbons (Fsp3) is 0.929. The zero-order valence-electron chi connectivity index (χ0n) is 11.9. The average Bonchev–Trinajstić information content (AvgIpc) is 3.05. The van der Waals surface area contributed by atoms with Crippen LogP contribution >= 0.6 is 0 Å². The maximum absolute atomic E-state index is 11.5. The van der Waals surface area contributed by atoms with Gasteiger partial charge in [-0.1, -0.05) is 0 Å². The Bertz CT molecular complexity index is 331. The van der Waals surface area contributed by atoms with Crippen molar-refractivity contribution in [1.82, 2.24) is 14.7 Å². The third kappa shape index (κ3) is 2.93. The Morgan fingerprint density at radius 2 is 1.95 bits per heavy atom. The van der Waals surface area contributed by atoms with Crippen LogP contribution in [0, 0.1) is 0 Å². The van der Waals surface area contributed by atoms with E-state index in [4.69, 9.17) is 4.74 Å². The molecule has 0 unspecified atom stereocenters. The van der Waals surface area contributed by atoms with Gasteiger partial charge in [0.2, 0.25) is 5.91 Å². The molecule has 0 spiro atoms. The summed E-state index contributed by atoms with van der Waals surface area (Å²) in [6.45, 7) is 9.93. The molecule has 0 N–H and O–H groups in total. The largest absolute Gasteiger partial charge is 0.373 e. The smallest absolute Gasteiger partial charge is 0.219 e. The van der Waals surface area contributed by atoms with Crippen molar-refractivity contribution in [2.45, 2.75) is 31.9 Å². The summed E-state index contributed by atoms with van der Waals surface area (Å²) in [5, 5.41) is 0. The lowest BCUT2D eigenvalue weighted by Gasteiger charge is -2.37. The van der Waals surface area contributed by atoms with Crippen molar-refractivity contribution in [1.29, 1.82) is 0 Å². The lowest BCUT2D eigenvalue weighted by atomic mass is 10.1. The van der Waals surface area contributed by atoms with Gasteiger partial charge in [0.05, 0.1) is 18.8 Å². The first-order valence-corrected chi connectivity index (χ1v) is 7.57. The first-order chi connectivity index (χ1) is 9.24. The summed E-state index contributed by atoms with van der Waals surface area (Å²) in [4.78, 5) is 18.5. The van der Waals surface area contributed by atoms with E-state index in [2.05, 4.69) is 9.80 Å². The van der Waals surface area contributed by atoms with Crippen LogP contribution in [-0.2, 0) is 9.53 Å². The second kappa shape index (κ2) is 5.77. The molecule has 2 atom stereocenters. The zero-order valence-corrected chi connectivity index (χ0v) is 11.9. The molecule has 3 heterocycles. The number of nitrogens with zero attached hydrogens (tertiary/aromatic N) is 3. The molecule has 3 rings (SSSR count). The fourth-order valence-corrected chi connectivity index (χ4v) is 3.57. The maximum atomic E-state index is 11.5. The molecule has 5 nitrogen and oxygen atoms in total. The van der Waals surface area contributed by atoms with Gasteiger partial charge in [-0.3, -0.25) is 9.69 Å². The van der Waals surface area contributed by atoms with E-state index in [1.54, 1.807) is 6.92 Å². The van der Waals surface area contributed by atoms with Crippen molar-refractivity contribution < 1.29 is 9.53 Å². The van der Waals surface area contributed by atoms with Crippen LogP contribution in [0.25, 0.3) is 0 Å². The molecule has 0 radical (unpaired) electrons. The Morgan fingerprint density at radius 1 is 1.16 bits per heavy atom. The fourth-order valence-electron chi connectivity index (χ4n) is 3.57. The van der Waals surface area contributed by atoms with Crippen LogP contribution in [0.1, 0.15) is 19.8 Å². The van der Waals surface area contributed by atoms with Crippen LogP contribution in [0.2, 0.25) is 0 Å². The van der Waals surface area contributed by atoms with Gasteiger partial charge in [0.15, 0.2) is 0 Å². The van der Waals surface area contributed by atoms with Crippen LogP contribution in [0.5, 0.6) is 0 Å². The Balaban J connectivity index is 1.54. The zero-order chi connectivity index (χ0) is 13.2. The molecular formula is C14H25N3O2. The number of hydrogen-bond acceptors (Lipinski definition) is 4. The van der Waals surface area contributed by atoms with Gasteiger partial charge in [0.1, 0.15) is 0 Å². The third-order valence-corrected chi connectivity index (χ3v) is 4.76. The molecule has 0 saturated carbocycles. The summed E-state index contributed by atoms with van der Waals surface area (Å²) in [6, 6.07) is 0.417. The van der Waals surface area contributed by atoms with Crippen molar-refractivity contribution in [2.24, 2.45) is 0 Å². The first-order valence-electron chi connectivity index (χ1n) is 7.57. The Labute approximate surface area is 115 Å². The number of rotatable bonds is 3. The van der Waals surface area contributed by atoms with Gasteiger partial charge in [-0.25, -0.2) is 0 Å². The van der Waals surface area contributed by atoms with E-state index in [1.165, 1.54) is 32.5 Å². The molecule has 0 bridgehead atoms. The van der Waals surface area contributed by atoms with Crippen molar-refractivity contribution in [2.75, 3.05) is 52.4 Å². The van der Waals surface area contributed by atoms with Crippen LogP contribution in [0.3, 0.4) is 0 Å². The Hall–Kier alpha value is -0.650. The van der Waals surface area contributed by atoms with Gasteiger partial charge in [-0.15, -0.1) is 0 Å². The second-order valence-electron chi connectivity index (χ2n) is 5.99. The Morgan fingerprint density at radius 3 is 2.68 bits per heavy atom. The van der Waals surface area contributed by atoms with Crippen molar-refractivity contribution in [3.05, 3.63) is 0 Å². The predicted molar refractivity (Wildman–Crippen MR) is 73.0 cm³/mol. The quantitative estimate of drug-likeness (QED) is 0.722. The second-order valence-corrected chi connectivity index (χ2v) is 5.99. The molecular weight excluding hydrogens is 242 g/mol. The monoisotopic (exact) mass is 267 g/mol. The molecule has 0 aromatic carbocycles. The van der Waals surface area contributed by atoms with E-state index in [1.807, 2.05) is 4.90 Å². The summed E-state index contributed by atoms with van der Waals surface area (Å²) < 4.78 is 5.84. The lowest BCUT2D eigenvalue weighted by Crippen LogP contribution is -2.52. The lowest BCUT2D eigenvalue weighted by molar-refractivity contribution is -0.128. The number of carbonyl (C=O) groups excluding carboxylic acids is 1. The highest BCUT2D eigenvalue weighted by atomic mass is 16.5. The Kier molecular flexibility index (Phi) is 4.05. The van der Waals surface area contributed by atoms with Gasteiger partial charge < -0.3 is 14.5 Å². The molecule has 3 aliphatic heterocycles. The van der Waals surface area contributed by atoms with Crippen molar-refractivity contribution >= 4 is 5.91 Å². The minimum absolute atomic E-state index is 0.178. The number of ether oxygens (including phenoxy) is 1. The van der Waals surface area contributed by atoms with Crippen molar-refractivity contribution in [3.8, 4) is 0 Å². The summed E-state index contributed by atoms with van der Waals surface area (Å²) >= 11 is 0. The maximum Gasteiger partial charge on any atom is 0.219 e. The van der Waals surface area contributed by atoms with E-state index >= 15 is 0 Å². The van der Waals surface area contributed by atoms with E-state index in [9.17, 15) is 4.79 Å². The molecule has 0 aliphatic carbocycles. The SMILES string of the molecule is CC(=O)N1C[C@@H]2OCCN(CCN3CCCC3)[C@@H]2C1. The number of fused-ring (bicyclic) bond motifs is 1. The van der Waals surface area contributed by atoms with E-state index in [0.717, 1.165) is 32.8 Å². The highest BCUT2D eigenvalue weighted by molar-refractivity contribution is 5.73. The highest BCUT2D eigenvalue weighted by Gasteiger charge is 2.40. The topological polar surface area (TPSA) is 36.0 Å². The van der Waals surface area contributed by atoms with Gasteiger partial charge >= 0.3 is 0 Å².